The minimum atomic E-state index is 0.115. The van der Waals surface area contributed by atoms with Crippen LogP contribution in [0.3, 0.4) is 0 Å². The van der Waals surface area contributed by atoms with Gasteiger partial charge in [-0.3, -0.25) is 0 Å². The normalized spacial score (nSPS) is 10.3. The summed E-state index contributed by atoms with van der Waals surface area (Å²) in [7, 11) is 0. The molecule has 3 rings (SSSR count). The Kier molecular flexibility index (Phi) is 2.93. The number of rotatable bonds is 2. The first-order chi connectivity index (χ1) is 9.70. The second kappa shape index (κ2) is 4.76. The molecule has 0 amide bonds. The van der Waals surface area contributed by atoms with Gasteiger partial charge in [-0.25, -0.2) is 0 Å². The Morgan fingerprint density at radius 3 is 2.75 bits per heavy atom. The van der Waals surface area contributed by atoms with Crippen molar-refractivity contribution in [3.05, 3.63) is 47.3 Å². The lowest BCUT2D eigenvalue weighted by Gasteiger charge is -2.00. The molecule has 3 aromatic rings. The Bertz CT molecular complexity index is 798. The van der Waals surface area contributed by atoms with Gasteiger partial charge in [-0.1, -0.05) is 18.2 Å². The second-order valence-corrected chi connectivity index (χ2v) is 5.13. The number of anilines is 1. The third kappa shape index (κ3) is 1.92. The predicted molar refractivity (Wildman–Crippen MR) is 78.2 cm³/mol. The van der Waals surface area contributed by atoms with Crippen molar-refractivity contribution in [2.24, 2.45) is 0 Å². The fraction of sp³-hybridized carbons (Fsp3) is 0. The molecule has 5 heteroatoms. The van der Waals surface area contributed by atoms with E-state index in [4.69, 9.17) is 10.2 Å². The van der Waals surface area contributed by atoms with Crippen LogP contribution < -0.4 is 5.73 Å². The van der Waals surface area contributed by atoms with Crippen LogP contribution in [0.1, 0.15) is 5.56 Å². The van der Waals surface area contributed by atoms with E-state index in [1.165, 1.54) is 11.3 Å². The van der Waals surface area contributed by atoms with E-state index in [9.17, 15) is 10.4 Å². The van der Waals surface area contributed by atoms with Gasteiger partial charge in [0.2, 0.25) is 0 Å². The molecular formula is C15H10N2O2S. The van der Waals surface area contributed by atoms with E-state index in [2.05, 4.69) is 6.07 Å². The molecule has 2 aromatic heterocycles. The highest BCUT2D eigenvalue weighted by atomic mass is 32.1. The highest BCUT2D eigenvalue weighted by Crippen LogP contribution is 2.41. The third-order valence-electron chi connectivity index (χ3n) is 2.93. The van der Waals surface area contributed by atoms with Crippen molar-refractivity contribution in [3.63, 3.8) is 0 Å². The molecule has 0 aliphatic rings. The Balaban J connectivity index is 2.25. The Morgan fingerprint density at radius 2 is 2.10 bits per heavy atom. The summed E-state index contributed by atoms with van der Waals surface area (Å²) in [6.45, 7) is 0. The molecule has 0 bridgehead atoms. The quantitative estimate of drug-likeness (QED) is 0.748. The molecule has 0 spiro atoms. The molecule has 0 unspecified atom stereocenters. The van der Waals surface area contributed by atoms with E-state index < -0.39 is 0 Å². The van der Waals surface area contributed by atoms with Gasteiger partial charge >= 0.3 is 0 Å². The average Bonchev–Trinajstić information content (AvgIpc) is 3.05. The van der Waals surface area contributed by atoms with E-state index >= 15 is 0 Å². The zero-order chi connectivity index (χ0) is 14.1. The number of nitriles is 1. The van der Waals surface area contributed by atoms with E-state index in [1.54, 1.807) is 24.3 Å². The maximum atomic E-state index is 9.57. The predicted octanol–water partition coefficient (Wildman–Crippen LogP) is 3.83. The van der Waals surface area contributed by atoms with E-state index in [0.717, 1.165) is 4.88 Å². The van der Waals surface area contributed by atoms with Gasteiger partial charge in [-0.2, -0.15) is 5.26 Å². The minimum Gasteiger partial charge on any atom is -0.508 e. The van der Waals surface area contributed by atoms with Crippen molar-refractivity contribution in [2.75, 3.05) is 5.73 Å². The van der Waals surface area contributed by atoms with Crippen LogP contribution in [-0.2, 0) is 0 Å². The summed E-state index contributed by atoms with van der Waals surface area (Å²) < 4.78 is 5.56. The molecule has 0 atom stereocenters. The van der Waals surface area contributed by atoms with E-state index in [-0.39, 0.29) is 11.6 Å². The van der Waals surface area contributed by atoms with Crippen molar-refractivity contribution in [3.8, 4) is 33.6 Å². The Hall–Kier alpha value is -2.71. The highest BCUT2D eigenvalue weighted by molar-refractivity contribution is 7.13. The number of phenolic OH excluding ortho intramolecular Hbond substituents is 1. The zero-order valence-corrected chi connectivity index (χ0v) is 11.1. The molecule has 1 aromatic carbocycles. The van der Waals surface area contributed by atoms with Gasteiger partial charge in [0.1, 0.15) is 17.4 Å². The van der Waals surface area contributed by atoms with Crippen molar-refractivity contribution in [1.29, 1.82) is 5.26 Å². The summed E-state index contributed by atoms with van der Waals surface area (Å²) in [5.74, 6) is 0.763. The van der Waals surface area contributed by atoms with Crippen molar-refractivity contribution in [1.82, 2.24) is 0 Å². The van der Waals surface area contributed by atoms with Crippen LogP contribution >= 0.6 is 11.3 Å². The minimum absolute atomic E-state index is 0.115. The van der Waals surface area contributed by atoms with Gasteiger partial charge in [-0.15, -0.1) is 11.3 Å². The molecule has 2 heterocycles. The van der Waals surface area contributed by atoms with Crippen molar-refractivity contribution in [2.45, 2.75) is 0 Å². The SMILES string of the molecule is N#Cc1c(-c2cccs2)oc(N)c1-c1cccc(O)c1. The number of thiophene rings is 1. The van der Waals surface area contributed by atoms with Gasteiger partial charge in [0.25, 0.3) is 0 Å². The smallest absolute Gasteiger partial charge is 0.200 e. The highest BCUT2D eigenvalue weighted by Gasteiger charge is 2.21. The molecule has 0 saturated carbocycles. The molecule has 0 radical (unpaired) electrons. The topological polar surface area (TPSA) is 83.2 Å². The van der Waals surface area contributed by atoms with Crippen LogP contribution in [0.2, 0.25) is 0 Å². The maximum Gasteiger partial charge on any atom is 0.200 e. The van der Waals surface area contributed by atoms with Gasteiger partial charge in [0.05, 0.1) is 10.4 Å². The lowest BCUT2D eigenvalue weighted by molar-refractivity contribution is 0.475. The number of phenols is 1. The molecule has 0 saturated heterocycles. The van der Waals surface area contributed by atoms with Crippen molar-refractivity contribution >= 4 is 17.2 Å². The van der Waals surface area contributed by atoms with E-state index in [0.29, 0.717) is 22.5 Å². The number of hydrogen-bond donors (Lipinski definition) is 2. The number of nitrogens with zero attached hydrogens (tertiary/aromatic N) is 1. The number of furan rings is 1. The summed E-state index contributed by atoms with van der Waals surface area (Å²) in [4.78, 5) is 0.847. The van der Waals surface area contributed by atoms with Crippen LogP contribution in [0.25, 0.3) is 21.8 Å². The molecule has 20 heavy (non-hydrogen) atoms. The van der Waals surface area contributed by atoms with Crippen LogP contribution in [0.4, 0.5) is 5.88 Å². The molecular weight excluding hydrogens is 272 g/mol. The first-order valence-corrected chi connectivity index (χ1v) is 6.74. The van der Waals surface area contributed by atoms with Crippen LogP contribution in [0, 0.1) is 11.3 Å². The fourth-order valence-electron chi connectivity index (χ4n) is 2.08. The van der Waals surface area contributed by atoms with Crippen LogP contribution in [0.15, 0.2) is 46.2 Å². The molecule has 0 aliphatic heterocycles. The average molecular weight is 282 g/mol. The number of hydrogen-bond acceptors (Lipinski definition) is 5. The number of nitrogen functional groups attached to an aromatic ring is 1. The van der Waals surface area contributed by atoms with Crippen LogP contribution in [-0.4, -0.2) is 5.11 Å². The summed E-state index contributed by atoms with van der Waals surface area (Å²) in [6, 6.07) is 12.5. The molecule has 4 nitrogen and oxygen atoms in total. The molecule has 0 fully saturated rings. The zero-order valence-electron chi connectivity index (χ0n) is 10.3. The fourth-order valence-corrected chi connectivity index (χ4v) is 2.80. The number of benzene rings is 1. The lowest BCUT2D eigenvalue weighted by atomic mass is 10.0. The Labute approximate surface area is 119 Å². The number of aromatic hydroxyl groups is 1. The van der Waals surface area contributed by atoms with Gasteiger partial charge in [0, 0.05) is 0 Å². The largest absolute Gasteiger partial charge is 0.508 e. The second-order valence-electron chi connectivity index (χ2n) is 4.18. The first kappa shape index (κ1) is 12.3. The third-order valence-corrected chi connectivity index (χ3v) is 3.80. The van der Waals surface area contributed by atoms with Gasteiger partial charge in [-0.05, 0) is 29.1 Å². The summed E-state index contributed by atoms with van der Waals surface area (Å²) in [5, 5.41) is 20.9. The summed E-state index contributed by atoms with van der Waals surface area (Å²) >= 11 is 1.48. The summed E-state index contributed by atoms with van der Waals surface area (Å²) in [5.41, 5.74) is 7.47. The monoisotopic (exact) mass is 282 g/mol. The van der Waals surface area contributed by atoms with Gasteiger partial charge in [0.15, 0.2) is 11.6 Å². The Morgan fingerprint density at radius 1 is 1.25 bits per heavy atom. The van der Waals surface area contributed by atoms with E-state index in [1.807, 2.05) is 17.5 Å². The number of nitrogens with two attached hydrogens (primary N) is 1. The van der Waals surface area contributed by atoms with Crippen molar-refractivity contribution < 1.29 is 9.52 Å². The first-order valence-electron chi connectivity index (χ1n) is 5.86. The standard InChI is InChI=1S/C15H10N2O2S/c16-8-11-13(9-3-1-4-10(18)7-9)15(17)19-14(11)12-5-2-6-20-12/h1-7,18H,17H2. The maximum absolute atomic E-state index is 9.57. The molecule has 98 valence electrons. The molecule has 0 aliphatic carbocycles. The van der Waals surface area contributed by atoms with Crippen LogP contribution in [0.5, 0.6) is 5.75 Å². The lowest BCUT2D eigenvalue weighted by Crippen LogP contribution is -1.87. The molecule has 3 N–H and O–H groups in total. The van der Waals surface area contributed by atoms with Gasteiger partial charge < -0.3 is 15.3 Å². The summed E-state index contributed by atoms with van der Waals surface area (Å²) in [6.07, 6.45) is 0.